The lowest BCUT2D eigenvalue weighted by Gasteiger charge is -2.02. The summed E-state index contributed by atoms with van der Waals surface area (Å²) >= 11 is 9.82. The average Bonchev–Trinajstić information content (AvgIpc) is 4.08. The van der Waals surface area contributed by atoms with Gasteiger partial charge in [-0.25, -0.2) is 0 Å². The normalized spacial score (nSPS) is 11.7. The smallest absolute Gasteiger partial charge is 0.0514 e. The van der Waals surface area contributed by atoms with Crippen molar-refractivity contribution in [2.75, 3.05) is 13.2 Å². The van der Waals surface area contributed by atoms with Gasteiger partial charge in [-0.2, -0.15) is 0 Å². The monoisotopic (exact) mass is 844 g/mol. The summed E-state index contributed by atoms with van der Waals surface area (Å²) in [5.74, 6) is 0. The van der Waals surface area contributed by atoms with Crippen molar-refractivity contribution in [3.05, 3.63) is 130 Å². The van der Waals surface area contributed by atoms with Crippen molar-refractivity contribution in [1.29, 1.82) is 0 Å². The zero-order valence-corrected chi connectivity index (χ0v) is 38.1. The minimum atomic E-state index is 0.780. The van der Waals surface area contributed by atoms with E-state index in [1.165, 1.54) is 134 Å². The van der Waals surface area contributed by atoms with E-state index in [1.54, 1.807) is 0 Å². The second-order valence-corrected chi connectivity index (χ2v) is 20.4. The highest BCUT2D eigenvalue weighted by molar-refractivity contribution is 7.30. The number of hydrogen-bond donors (Lipinski definition) is 0. The van der Waals surface area contributed by atoms with Crippen LogP contribution in [0.25, 0.3) is 61.6 Å². The Morgan fingerprint density at radius 3 is 1.54 bits per heavy atom. The maximum absolute atomic E-state index is 5.65. The van der Waals surface area contributed by atoms with Gasteiger partial charge in [-0.3, -0.25) is 0 Å². The lowest BCUT2D eigenvalue weighted by molar-refractivity contribution is 0.151. The number of benzene rings is 2. The molecule has 0 spiro atoms. The van der Waals surface area contributed by atoms with Crippen LogP contribution in [0.15, 0.2) is 97.1 Å². The van der Waals surface area contributed by atoms with Crippen LogP contribution in [-0.2, 0) is 24.0 Å². The number of thiophene rings is 5. The van der Waals surface area contributed by atoms with E-state index >= 15 is 0 Å². The van der Waals surface area contributed by atoms with Gasteiger partial charge in [-0.1, -0.05) is 119 Å². The molecule has 0 saturated carbocycles. The summed E-state index contributed by atoms with van der Waals surface area (Å²) in [6, 6.07) is 36.9. The molecule has 0 fully saturated rings. The molecule has 2 aromatic carbocycles. The Labute approximate surface area is 361 Å². The van der Waals surface area contributed by atoms with Crippen LogP contribution in [0.4, 0.5) is 0 Å². The molecule has 7 rings (SSSR count). The van der Waals surface area contributed by atoms with Crippen LogP contribution in [0.2, 0.25) is 0 Å². The van der Waals surface area contributed by atoms with Crippen molar-refractivity contribution in [2.24, 2.45) is 0 Å². The Morgan fingerprint density at radius 1 is 0.456 bits per heavy atom. The van der Waals surface area contributed by atoms with Gasteiger partial charge in [-0.05, 0) is 116 Å². The van der Waals surface area contributed by atoms with E-state index < -0.39 is 0 Å². The summed E-state index contributed by atoms with van der Waals surface area (Å²) < 4.78 is 5.65. The van der Waals surface area contributed by atoms with E-state index in [4.69, 9.17) is 4.74 Å². The predicted molar refractivity (Wildman–Crippen MR) is 259 cm³/mol. The first kappa shape index (κ1) is 41.8. The van der Waals surface area contributed by atoms with Gasteiger partial charge >= 0.3 is 0 Å². The Hall–Kier alpha value is -3.36. The maximum Gasteiger partial charge on any atom is 0.0514 e. The number of unbranched alkanes of at least 4 members (excludes halogenated alkanes) is 6. The lowest BCUT2D eigenvalue weighted by Crippen LogP contribution is -1.95. The molecule has 0 aliphatic rings. The van der Waals surface area contributed by atoms with E-state index in [2.05, 4.69) is 137 Å². The van der Waals surface area contributed by atoms with Crippen molar-refractivity contribution in [2.45, 2.75) is 98.3 Å². The van der Waals surface area contributed by atoms with Crippen molar-refractivity contribution >= 4 is 68.8 Å². The highest BCUT2D eigenvalue weighted by Crippen LogP contribution is 2.48. The van der Waals surface area contributed by atoms with Crippen LogP contribution in [0.3, 0.4) is 0 Å². The summed E-state index contributed by atoms with van der Waals surface area (Å²) in [5.41, 5.74) is 8.07. The first-order chi connectivity index (χ1) is 28.0. The van der Waals surface area contributed by atoms with Gasteiger partial charge in [0.25, 0.3) is 0 Å². The molecule has 296 valence electrons. The third kappa shape index (κ3) is 11.2. The number of hydrogen-bond acceptors (Lipinski definition) is 6. The van der Waals surface area contributed by atoms with E-state index in [0.29, 0.717) is 0 Å². The average molecular weight is 845 g/mol. The van der Waals surface area contributed by atoms with Crippen LogP contribution >= 0.6 is 56.7 Å². The van der Waals surface area contributed by atoms with E-state index in [-0.39, 0.29) is 0 Å². The Kier molecular flexibility index (Phi) is 15.4. The molecule has 0 N–H and O–H groups in total. The van der Waals surface area contributed by atoms with E-state index in [0.717, 1.165) is 32.5 Å². The zero-order chi connectivity index (χ0) is 39.4. The summed E-state index contributed by atoms with van der Waals surface area (Å²) in [6.45, 7) is 10.4. The summed E-state index contributed by atoms with van der Waals surface area (Å²) in [6.07, 6.45) is 18.0. The topological polar surface area (TPSA) is 9.23 Å². The third-order valence-electron chi connectivity index (χ3n) is 10.5. The number of ether oxygens (including phenoxy) is 1. The van der Waals surface area contributed by atoms with Crippen LogP contribution in [-0.4, -0.2) is 13.2 Å². The molecule has 0 radical (unpaired) electrons. The minimum absolute atomic E-state index is 0.780. The molecular formula is C51H56OS5. The number of rotatable bonds is 21. The van der Waals surface area contributed by atoms with Gasteiger partial charge in [0.2, 0.25) is 0 Å². The molecule has 0 bridgehead atoms. The van der Waals surface area contributed by atoms with Crippen LogP contribution < -0.4 is 0 Å². The van der Waals surface area contributed by atoms with Gasteiger partial charge in [0.1, 0.15) is 0 Å². The minimum Gasteiger partial charge on any atom is -0.381 e. The largest absolute Gasteiger partial charge is 0.381 e. The standard InChI is InChI=1S/C51H56OS5/c1-5-8-10-12-14-40-34-48(39-24-22-38(23-25-39)21-20-37-18-16-36(4)17-19-37)56-50(40)46-30-28-43(54-46)44-29-31-47(55-44)51-41(15-13-11-9-6-2)35-49(57-51)45-27-26-42(53-45)32-33-52-7-3/h16-31,34-35H,5-15,32-33H2,1-4H3/b21-20+. The summed E-state index contributed by atoms with van der Waals surface area (Å²) in [5, 5.41) is 0. The second-order valence-electron chi connectivity index (χ2n) is 15.0. The third-order valence-corrected chi connectivity index (χ3v) is 16.9. The molecule has 0 atom stereocenters. The molecule has 0 amide bonds. The highest BCUT2D eigenvalue weighted by atomic mass is 32.1. The van der Waals surface area contributed by atoms with Crippen molar-refractivity contribution in [3.63, 3.8) is 0 Å². The van der Waals surface area contributed by atoms with Crippen molar-refractivity contribution in [3.8, 4) is 49.5 Å². The fourth-order valence-corrected chi connectivity index (χ4v) is 13.1. The molecule has 1 nitrogen and oxygen atoms in total. The first-order valence-corrected chi connectivity index (χ1v) is 25.1. The first-order valence-electron chi connectivity index (χ1n) is 21.0. The second kappa shape index (κ2) is 21.1. The van der Waals surface area contributed by atoms with Gasteiger partial charge in [-0.15, -0.1) is 56.7 Å². The predicted octanol–water partition coefficient (Wildman–Crippen LogP) is 17.6. The van der Waals surface area contributed by atoms with Crippen LogP contribution in [0, 0.1) is 6.92 Å². The fraction of sp³-hybridized carbons (Fsp3) is 0.333. The molecule has 5 heterocycles. The van der Waals surface area contributed by atoms with E-state index in [9.17, 15) is 0 Å². The van der Waals surface area contributed by atoms with Crippen LogP contribution in [0.5, 0.6) is 0 Å². The van der Waals surface area contributed by atoms with Gasteiger partial charge in [0.05, 0.1) is 6.61 Å². The molecule has 57 heavy (non-hydrogen) atoms. The quantitative estimate of drug-likeness (QED) is 0.0517. The Balaban J connectivity index is 1.12. The van der Waals surface area contributed by atoms with Gasteiger partial charge < -0.3 is 4.74 Å². The van der Waals surface area contributed by atoms with Crippen molar-refractivity contribution < 1.29 is 4.74 Å². The molecule has 0 saturated heterocycles. The molecular weight excluding hydrogens is 789 g/mol. The summed E-state index contributed by atoms with van der Waals surface area (Å²) in [7, 11) is 0. The maximum atomic E-state index is 5.65. The molecule has 0 unspecified atom stereocenters. The van der Waals surface area contributed by atoms with Gasteiger partial charge in [0, 0.05) is 61.8 Å². The zero-order valence-electron chi connectivity index (χ0n) is 34.0. The Morgan fingerprint density at radius 2 is 0.965 bits per heavy atom. The molecule has 0 aliphatic carbocycles. The lowest BCUT2D eigenvalue weighted by atomic mass is 10.0. The fourth-order valence-electron chi connectivity index (χ4n) is 7.17. The van der Waals surface area contributed by atoms with E-state index in [1.807, 2.05) is 56.7 Å². The molecule has 7 aromatic rings. The SMILES string of the molecule is CCCCCCc1cc(-c2ccc(/C=C/c3ccc(C)cc3)cc2)sc1-c1ccc(-c2ccc(-c3sc(-c4ccc(CCOCC)s4)cc3CCCCCC)s2)s1. The Bertz CT molecular complexity index is 2300. The molecule has 6 heteroatoms. The van der Waals surface area contributed by atoms with Crippen LogP contribution in [0.1, 0.15) is 105 Å². The van der Waals surface area contributed by atoms with Gasteiger partial charge in [0.15, 0.2) is 0 Å². The highest BCUT2D eigenvalue weighted by Gasteiger charge is 2.19. The molecule has 0 aliphatic heterocycles. The number of aryl methyl sites for hydroxylation is 3. The molecule has 5 aromatic heterocycles. The summed E-state index contributed by atoms with van der Waals surface area (Å²) in [4.78, 5) is 14.0. The van der Waals surface area contributed by atoms with Crippen molar-refractivity contribution in [1.82, 2.24) is 0 Å².